The van der Waals surface area contributed by atoms with Gasteiger partial charge < -0.3 is 4.74 Å². The second kappa shape index (κ2) is 6.37. The molecular formula is C21H15N3O2. The summed E-state index contributed by atoms with van der Waals surface area (Å²) in [6.45, 7) is 5.18. The lowest BCUT2D eigenvalue weighted by molar-refractivity contribution is -0.130. The SMILES string of the molecule is C=C(C)C(=O)Oc1ccc(N=C2c3ncccc3-c3cccnc32)cc1. The molecule has 2 heterocycles. The molecule has 3 aromatic rings. The zero-order valence-corrected chi connectivity index (χ0v) is 14.1. The van der Waals surface area contributed by atoms with Crippen molar-refractivity contribution in [3.8, 4) is 16.9 Å². The highest BCUT2D eigenvalue weighted by Gasteiger charge is 2.26. The average molecular weight is 341 g/mol. The van der Waals surface area contributed by atoms with Gasteiger partial charge in [-0.15, -0.1) is 0 Å². The van der Waals surface area contributed by atoms with Gasteiger partial charge in [0, 0.05) is 29.1 Å². The van der Waals surface area contributed by atoms with Gasteiger partial charge in [0.1, 0.15) is 11.5 Å². The summed E-state index contributed by atoms with van der Waals surface area (Å²) in [5.74, 6) is 0.00142. The van der Waals surface area contributed by atoms with Crippen LogP contribution in [0.3, 0.4) is 0 Å². The van der Waals surface area contributed by atoms with Crippen molar-refractivity contribution in [3.63, 3.8) is 0 Å². The Balaban J connectivity index is 1.70. The Morgan fingerprint density at radius 3 is 2.08 bits per heavy atom. The fraction of sp³-hybridized carbons (Fsp3) is 0.0476. The second-order valence-electron chi connectivity index (χ2n) is 5.92. The van der Waals surface area contributed by atoms with E-state index in [-0.39, 0.29) is 0 Å². The maximum absolute atomic E-state index is 11.6. The molecule has 0 atom stereocenters. The molecule has 0 amide bonds. The van der Waals surface area contributed by atoms with Gasteiger partial charge in [0.25, 0.3) is 0 Å². The minimum atomic E-state index is -0.448. The molecule has 0 saturated heterocycles. The van der Waals surface area contributed by atoms with Crippen molar-refractivity contribution in [3.05, 3.63) is 84.5 Å². The number of rotatable bonds is 3. The third kappa shape index (κ3) is 2.80. The van der Waals surface area contributed by atoms with E-state index in [0.29, 0.717) is 11.3 Å². The molecule has 0 aliphatic heterocycles. The summed E-state index contributed by atoms with van der Waals surface area (Å²) in [6, 6.07) is 14.8. The first-order valence-electron chi connectivity index (χ1n) is 8.11. The minimum absolute atomic E-state index is 0.352. The van der Waals surface area contributed by atoms with E-state index in [1.54, 1.807) is 43.6 Å². The molecule has 0 saturated carbocycles. The second-order valence-corrected chi connectivity index (χ2v) is 5.92. The average Bonchev–Trinajstić information content (AvgIpc) is 2.97. The zero-order chi connectivity index (χ0) is 18.1. The summed E-state index contributed by atoms with van der Waals surface area (Å²) in [4.78, 5) is 25.3. The number of benzene rings is 1. The first-order chi connectivity index (χ1) is 12.6. The Morgan fingerprint density at radius 1 is 0.962 bits per heavy atom. The smallest absolute Gasteiger partial charge is 0.338 e. The Labute approximate surface area is 150 Å². The molecule has 4 rings (SSSR count). The van der Waals surface area contributed by atoms with Crippen molar-refractivity contribution in [2.45, 2.75) is 6.92 Å². The molecular weight excluding hydrogens is 326 g/mol. The molecule has 0 spiro atoms. The molecule has 26 heavy (non-hydrogen) atoms. The van der Waals surface area contributed by atoms with Gasteiger partial charge in [-0.05, 0) is 43.3 Å². The van der Waals surface area contributed by atoms with E-state index in [2.05, 4.69) is 16.5 Å². The summed E-state index contributed by atoms with van der Waals surface area (Å²) in [5, 5.41) is 0. The third-order valence-electron chi connectivity index (χ3n) is 3.99. The molecule has 1 aliphatic carbocycles. The highest BCUT2D eigenvalue weighted by Crippen LogP contribution is 2.35. The number of fused-ring (bicyclic) bond motifs is 3. The van der Waals surface area contributed by atoms with Gasteiger partial charge in [-0.2, -0.15) is 0 Å². The van der Waals surface area contributed by atoms with Gasteiger partial charge in [-0.1, -0.05) is 18.7 Å². The van der Waals surface area contributed by atoms with Gasteiger partial charge in [0.15, 0.2) is 0 Å². The Bertz CT molecular complexity index is 1010. The van der Waals surface area contributed by atoms with Crippen LogP contribution in [0.5, 0.6) is 5.75 Å². The molecule has 1 aromatic carbocycles. The summed E-state index contributed by atoms with van der Waals surface area (Å²) >= 11 is 0. The number of nitrogens with zero attached hydrogens (tertiary/aromatic N) is 3. The van der Waals surface area contributed by atoms with Crippen LogP contribution in [0, 0.1) is 0 Å². The van der Waals surface area contributed by atoms with Crippen LogP contribution in [-0.2, 0) is 4.79 Å². The lowest BCUT2D eigenvalue weighted by Crippen LogP contribution is -2.07. The number of hydrogen-bond acceptors (Lipinski definition) is 5. The molecule has 5 nitrogen and oxygen atoms in total. The number of esters is 1. The van der Waals surface area contributed by atoms with Crippen LogP contribution in [0.15, 0.2) is 78.1 Å². The first kappa shape index (κ1) is 15.9. The van der Waals surface area contributed by atoms with Crippen LogP contribution in [0.1, 0.15) is 18.3 Å². The monoisotopic (exact) mass is 341 g/mol. The van der Waals surface area contributed by atoms with E-state index in [1.807, 2.05) is 24.3 Å². The lowest BCUT2D eigenvalue weighted by Gasteiger charge is -2.04. The quantitative estimate of drug-likeness (QED) is 0.320. The van der Waals surface area contributed by atoms with Crippen LogP contribution in [0.4, 0.5) is 5.69 Å². The predicted octanol–water partition coefficient (Wildman–Crippen LogP) is 4.11. The Morgan fingerprint density at radius 2 is 1.54 bits per heavy atom. The number of carbonyl (C=O) groups excluding carboxylic acids is 1. The predicted molar refractivity (Wildman–Crippen MR) is 99.7 cm³/mol. The zero-order valence-electron chi connectivity index (χ0n) is 14.1. The Kier molecular flexibility index (Phi) is 3.89. The fourth-order valence-corrected chi connectivity index (χ4v) is 2.75. The normalized spacial score (nSPS) is 11.5. The number of aliphatic imine (C=N–C) groups is 1. The summed E-state index contributed by atoms with van der Waals surface area (Å²) in [5.41, 5.74) is 5.51. The summed E-state index contributed by atoms with van der Waals surface area (Å²) in [7, 11) is 0. The van der Waals surface area contributed by atoms with E-state index >= 15 is 0 Å². The van der Waals surface area contributed by atoms with Crippen LogP contribution in [-0.4, -0.2) is 21.6 Å². The fourth-order valence-electron chi connectivity index (χ4n) is 2.75. The van der Waals surface area contributed by atoms with Gasteiger partial charge in [0.05, 0.1) is 17.1 Å². The van der Waals surface area contributed by atoms with E-state index in [9.17, 15) is 4.79 Å². The molecule has 126 valence electrons. The number of pyridine rings is 2. The van der Waals surface area contributed by atoms with E-state index in [4.69, 9.17) is 9.73 Å². The van der Waals surface area contributed by atoms with Crippen molar-refractivity contribution in [2.75, 3.05) is 0 Å². The highest BCUT2D eigenvalue weighted by molar-refractivity contribution is 6.22. The van der Waals surface area contributed by atoms with E-state index < -0.39 is 5.97 Å². The summed E-state index contributed by atoms with van der Waals surface area (Å²) in [6.07, 6.45) is 3.50. The Hall–Kier alpha value is -3.60. The molecule has 0 unspecified atom stereocenters. The molecule has 0 fully saturated rings. The van der Waals surface area contributed by atoms with Gasteiger partial charge >= 0.3 is 5.97 Å². The summed E-state index contributed by atoms with van der Waals surface area (Å²) < 4.78 is 5.20. The van der Waals surface area contributed by atoms with Crippen molar-refractivity contribution in [2.24, 2.45) is 4.99 Å². The largest absolute Gasteiger partial charge is 0.423 e. The maximum Gasteiger partial charge on any atom is 0.338 e. The number of ether oxygens (including phenoxy) is 1. The van der Waals surface area contributed by atoms with E-state index in [1.165, 1.54) is 0 Å². The topological polar surface area (TPSA) is 64.4 Å². The molecule has 0 radical (unpaired) electrons. The lowest BCUT2D eigenvalue weighted by atomic mass is 10.1. The van der Waals surface area contributed by atoms with Gasteiger partial charge in [-0.25, -0.2) is 9.79 Å². The molecule has 5 heteroatoms. The number of aromatic nitrogens is 2. The highest BCUT2D eigenvalue weighted by atomic mass is 16.5. The molecule has 0 bridgehead atoms. The first-order valence-corrected chi connectivity index (χ1v) is 8.11. The van der Waals surface area contributed by atoms with E-state index in [0.717, 1.165) is 33.9 Å². The molecule has 2 aromatic heterocycles. The third-order valence-corrected chi connectivity index (χ3v) is 3.99. The number of hydrogen-bond donors (Lipinski definition) is 0. The molecule has 0 N–H and O–H groups in total. The van der Waals surface area contributed by atoms with Crippen molar-refractivity contribution < 1.29 is 9.53 Å². The van der Waals surface area contributed by atoms with Crippen molar-refractivity contribution in [1.29, 1.82) is 0 Å². The van der Waals surface area contributed by atoms with Crippen LogP contribution in [0.2, 0.25) is 0 Å². The van der Waals surface area contributed by atoms with Crippen LogP contribution >= 0.6 is 0 Å². The maximum atomic E-state index is 11.6. The van der Waals surface area contributed by atoms with Crippen LogP contribution < -0.4 is 4.74 Å². The van der Waals surface area contributed by atoms with Gasteiger partial charge in [-0.3, -0.25) is 9.97 Å². The number of carbonyl (C=O) groups is 1. The minimum Gasteiger partial charge on any atom is -0.423 e. The van der Waals surface area contributed by atoms with Crippen molar-refractivity contribution >= 4 is 17.4 Å². The van der Waals surface area contributed by atoms with Gasteiger partial charge in [0.2, 0.25) is 0 Å². The standard InChI is InChI=1S/C21H15N3O2/c1-13(2)21(25)26-15-9-7-14(8-10-15)24-20-18-16(5-3-11-22-18)17-6-4-12-23-19(17)20/h3-12H,1H2,2H3. The van der Waals surface area contributed by atoms with Crippen molar-refractivity contribution in [1.82, 2.24) is 9.97 Å². The van der Waals surface area contributed by atoms with Crippen LogP contribution in [0.25, 0.3) is 11.1 Å². The molecule has 1 aliphatic rings.